The molecule has 6 nitrogen and oxygen atoms in total. The number of piperazine rings is 1. The summed E-state index contributed by atoms with van der Waals surface area (Å²) < 4.78 is 17.8. The molecule has 0 amide bonds. The fourth-order valence-electron chi connectivity index (χ4n) is 3.62. The standard InChI is InChI=1S/C21H25N3O3S/c1-25-17-9-8-15(19(26-2)20(17)27-3)14-23-10-12-24(13-11-23)21-22-16-6-4-5-7-18(16)28-21/h4-9H,10-14H2,1-3H3. The van der Waals surface area contributed by atoms with Crippen LogP contribution in [0.25, 0.3) is 10.2 Å². The van der Waals surface area contributed by atoms with E-state index in [2.05, 4.69) is 34.1 Å². The Kier molecular flexibility index (Phi) is 5.54. The van der Waals surface area contributed by atoms with Crippen LogP contribution in [0.5, 0.6) is 17.2 Å². The summed E-state index contributed by atoms with van der Waals surface area (Å²) in [5.41, 5.74) is 2.19. The molecule has 2 aromatic carbocycles. The van der Waals surface area contributed by atoms with Gasteiger partial charge in [-0.15, -0.1) is 0 Å². The highest BCUT2D eigenvalue weighted by molar-refractivity contribution is 7.22. The first-order valence-corrected chi connectivity index (χ1v) is 10.2. The lowest BCUT2D eigenvalue weighted by Crippen LogP contribution is -2.46. The third kappa shape index (κ3) is 3.59. The number of methoxy groups -OCH3 is 3. The van der Waals surface area contributed by atoms with Gasteiger partial charge in [-0.25, -0.2) is 4.98 Å². The number of aromatic nitrogens is 1. The Balaban J connectivity index is 1.44. The van der Waals surface area contributed by atoms with Gasteiger partial charge in [0.05, 0.1) is 31.5 Å². The number of fused-ring (bicyclic) bond motifs is 1. The Morgan fingerprint density at radius 3 is 2.32 bits per heavy atom. The van der Waals surface area contributed by atoms with Gasteiger partial charge in [0, 0.05) is 38.3 Å². The third-order valence-electron chi connectivity index (χ3n) is 5.11. The Bertz CT molecular complexity index is 918. The fraction of sp³-hybridized carbons (Fsp3) is 0.381. The molecule has 7 heteroatoms. The lowest BCUT2D eigenvalue weighted by atomic mass is 10.1. The van der Waals surface area contributed by atoms with Gasteiger partial charge in [0.1, 0.15) is 0 Å². The van der Waals surface area contributed by atoms with Crippen molar-refractivity contribution in [3.63, 3.8) is 0 Å². The molecule has 0 atom stereocenters. The zero-order chi connectivity index (χ0) is 19.5. The maximum absolute atomic E-state index is 5.63. The molecular formula is C21H25N3O3S. The Labute approximate surface area is 169 Å². The molecule has 0 unspecified atom stereocenters. The number of hydrogen-bond donors (Lipinski definition) is 0. The van der Waals surface area contributed by atoms with Gasteiger partial charge in [-0.2, -0.15) is 0 Å². The van der Waals surface area contributed by atoms with Crippen LogP contribution in [0.4, 0.5) is 5.13 Å². The first-order chi connectivity index (χ1) is 13.7. The van der Waals surface area contributed by atoms with Crippen LogP contribution >= 0.6 is 11.3 Å². The van der Waals surface area contributed by atoms with Gasteiger partial charge in [0.15, 0.2) is 16.6 Å². The monoisotopic (exact) mass is 399 g/mol. The van der Waals surface area contributed by atoms with Crippen molar-refractivity contribution in [2.45, 2.75) is 6.54 Å². The molecule has 4 rings (SSSR count). The maximum atomic E-state index is 5.63. The van der Waals surface area contributed by atoms with Crippen LogP contribution in [0, 0.1) is 0 Å². The second-order valence-corrected chi connectivity index (χ2v) is 7.73. The minimum absolute atomic E-state index is 0.649. The zero-order valence-corrected chi connectivity index (χ0v) is 17.3. The van der Waals surface area contributed by atoms with Gasteiger partial charge in [-0.05, 0) is 18.2 Å². The molecule has 0 saturated carbocycles. The molecule has 3 aromatic rings. The lowest BCUT2D eigenvalue weighted by Gasteiger charge is -2.34. The number of rotatable bonds is 6. The average Bonchev–Trinajstić information content (AvgIpc) is 3.18. The fourth-order valence-corrected chi connectivity index (χ4v) is 4.64. The van der Waals surface area contributed by atoms with Gasteiger partial charge in [0.2, 0.25) is 5.75 Å². The summed E-state index contributed by atoms with van der Waals surface area (Å²) in [6.45, 7) is 4.71. The summed E-state index contributed by atoms with van der Waals surface area (Å²) >= 11 is 1.77. The van der Waals surface area contributed by atoms with Gasteiger partial charge in [-0.1, -0.05) is 29.5 Å². The number of benzene rings is 2. The molecule has 1 aliphatic heterocycles. The Morgan fingerprint density at radius 2 is 1.64 bits per heavy atom. The zero-order valence-electron chi connectivity index (χ0n) is 16.5. The van der Waals surface area contributed by atoms with Gasteiger partial charge >= 0.3 is 0 Å². The summed E-state index contributed by atoms with van der Waals surface area (Å²) in [4.78, 5) is 9.61. The van der Waals surface area contributed by atoms with E-state index in [0.717, 1.165) is 54.7 Å². The first-order valence-electron chi connectivity index (χ1n) is 9.34. The molecule has 0 bridgehead atoms. The number of hydrogen-bond acceptors (Lipinski definition) is 7. The topological polar surface area (TPSA) is 47.1 Å². The van der Waals surface area contributed by atoms with Crippen LogP contribution in [-0.2, 0) is 6.54 Å². The number of thiazole rings is 1. The number of para-hydroxylation sites is 1. The van der Waals surface area contributed by atoms with Crippen molar-refractivity contribution in [3.05, 3.63) is 42.0 Å². The van der Waals surface area contributed by atoms with Crippen LogP contribution < -0.4 is 19.1 Å². The molecule has 1 aromatic heterocycles. The van der Waals surface area contributed by atoms with Crippen LogP contribution in [0.3, 0.4) is 0 Å². The number of nitrogens with zero attached hydrogens (tertiary/aromatic N) is 3. The second-order valence-electron chi connectivity index (χ2n) is 6.72. The van der Waals surface area contributed by atoms with Crippen molar-refractivity contribution in [1.29, 1.82) is 0 Å². The van der Waals surface area contributed by atoms with Gasteiger partial charge in [-0.3, -0.25) is 4.90 Å². The van der Waals surface area contributed by atoms with Crippen LogP contribution in [0.1, 0.15) is 5.56 Å². The number of ether oxygens (including phenoxy) is 3. The minimum Gasteiger partial charge on any atom is -0.493 e. The SMILES string of the molecule is COc1ccc(CN2CCN(c3nc4ccccc4s3)CC2)c(OC)c1OC. The van der Waals surface area contributed by atoms with Crippen molar-refractivity contribution in [2.75, 3.05) is 52.4 Å². The molecule has 1 saturated heterocycles. The molecule has 0 N–H and O–H groups in total. The molecule has 148 valence electrons. The highest BCUT2D eigenvalue weighted by Crippen LogP contribution is 2.40. The maximum Gasteiger partial charge on any atom is 0.203 e. The Hall–Kier alpha value is -2.51. The number of anilines is 1. The van der Waals surface area contributed by atoms with Crippen LogP contribution in [-0.4, -0.2) is 57.4 Å². The normalized spacial score (nSPS) is 15.0. The molecule has 28 heavy (non-hydrogen) atoms. The minimum atomic E-state index is 0.649. The predicted octanol–water partition coefficient (Wildman–Crippen LogP) is 3.64. The summed E-state index contributed by atoms with van der Waals surface area (Å²) in [6, 6.07) is 12.3. The highest BCUT2D eigenvalue weighted by atomic mass is 32.1. The highest BCUT2D eigenvalue weighted by Gasteiger charge is 2.22. The van der Waals surface area contributed by atoms with E-state index in [1.807, 2.05) is 12.1 Å². The largest absolute Gasteiger partial charge is 0.493 e. The van der Waals surface area contributed by atoms with E-state index < -0.39 is 0 Å². The summed E-state index contributed by atoms with van der Waals surface area (Å²) in [5.74, 6) is 2.08. The van der Waals surface area contributed by atoms with Gasteiger partial charge in [0.25, 0.3) is 0 Å². The van der Waals surface area contributed by atoms with Crippen molar-refractivity contribution in [1.82, 2.24) is 9.88 Å². The smallest absolute Gasteiger partial charge is 0.203 e. The molecule has 0 spiro atoms. The molecule has 1 fully saturated rings. The van der Waals surface area contributed by atoms with E-state index in [9.17, 15) is 0 Å². The van der Waals surface area contributed by atoms with E-state index >= 15 is 0 Å². The Morgan fingerprint density at radius 1 is 0.893 bits per heavy atom. The molecule has 2 heterocycles. The predicted molar refractivity (Wildman–Crippen MR) is 113 cm³/mol. The van der Waals surface area contributed by atoms with Crippen molar-refractivity contribution in [2.24, 2.45) is 0 Å². The van der Waals surface area contributed by atoms with E-state index in [1.54, 1.807) is 32.7 Å². The van der Waals surface area contributed by atoms with Gasteiger partial charge < -0.3 is 19.1 Å². The summed E-state index contributed by atoms with van der Waals surface area (Å²) in [5, 5.41) is 1.12. The van der Waals surface area contributed by atoms with E-state index in [0.29, 0.717) is 11.5 Å². The summed E-state index contributed by atoms with van der Waals surface area (Å²) in [6.07, 6.45) is 0. The van der Waals surface area contributed by atoms with E-state index in [1.165, 1.54) is 4.70 Å². The van der Waals surface area contributed by atoms with Crippen molar-refractivity contribution < 1.29 is 14.2 Å². The third-order valence-corrected chi connectivity index (χ3v) is 6.20. The molecular weight excluding hydrogens is 374 g/mol. The first kappa shape index (κ1) is 18.8. The average molecular weight is 400 g/mol. The molecule has 1 aliphatic rings. The van der Waals surface area contributed by atoms with Crippen molar-refractivity contribution in [3.8, 4) is 17.2 Å². The second kappa shape index (κ2) is 8.24. The molecule has 0 aliphatic carbocycles. The van der Waals surface area contributed by atoms with E-state index in [4.69, 9.17) is 19.2 Å². The van der Waals surface area contributed by atoms with Crippen LogP contribution in [0.15, 0.2) is 36.4 Å². The van der Waals surface area contributed by atoms with Crippen molar-refractivity contribution >= 4 is 26.7 Å². The quantitative estimate of drug-likeness (QED) is 0.631. The lowest BCUT2D eigenvalue weighted by molar-refractivity contribution is 0.243. The molecule has 0 radical (unpaired) electrons. The summed E-state index contributed by atoms with van der Waals surface area (Å²) in [7, 11) is 4.95. The van der Waals surface area contributed by atoms with Crippen LogP contribution in [0.2, 0.25) is 0 Å². The van der Waals surface area contributed by atoms with E-state index in [-0.39, 0.29) is 0 Å².